The van der Waals surface area contributed by atoms with Gasteiger partial charge in [-0.3, -0.25) is 30.3 Å². The molecule has 0 spiro atoms. The molecule has 15 heavy (non-hydrogen) atoms. The molecule has 0 aliphatic heterocycles. The highest BCUT2D eigenvalue weighted by atomic mass is 16.7. The van der Waals surface area contributed by atoms with Crippen molar-refractivity contribution in [2.24, 2.45) is 0 Å². The molecule has 1 radical (unpaired) electrons. The number of nitrogens with zero attached hydrogens (tertiary/aromatic N) is 3. The van der Waals surface area contributed by atoms with Crippen LogP contribution in [0, 0.1) is 37.3 Å². The highest BCUT2D eigenvalue weighted by Gasteiger charge is 2.41. The zero-order valence-electron chi connectivity index (χ0n) is 6.91. The second kappa shape index (κ2) is 3.32. The Labute approximate surface area is 80.5 Å². The molecule has 10 heteroatoms. The van der Waals surface area contributed by atoms with Crippen molar-refractivity contribution in [1.29, 1.82) is 0 Å². The fourth-order valence-corrected chi connectivity index (χ4v) is 0.891. The molecule has 0 N–H and O–H groups in total. The van der Waals surface area contributed by atoms with E-state index in [1.54, 1.807) is 0 Å². The van der Waals surface area contributed by atoms with E-state index in [1.807, 2.05) is 0 Å². The zero-order chi connectivity index (χ0) is 11.7. The molecule has 0 fully saturated rings. The Balaban J connectivity index is 3.53. The number of rotatable bonds is 3. The van der Waals surface area contributed by atoms with Gasteiger partial charge in [0, 0.05) is 0 Å². The maximum atomic E-state index is 10.4. The van der Waals surface area contributed by atoms with Gasteiger partial charge < -0.3 is 4.42 Å². The Kier molecular flexibility index (Phi) is 2.34. The molecule has 0 aromatic carbocycles. The van der Waals surface area contributed by atoms with E-state index in [0.717, 1.165) is 0 Å². The third-order valence-electron chi connectivity index (χ3n) is 1.45. The van der Waals surface area contributed by atoms with Gasteiger partial charge in [0.05, 0.1) is 4.92 Å². The summed E-state index contributed by atoms with van der Waals surface area (Å²) in [5, 5.41) is 30.9. The van der Waals surface area contributed by atoms with Gasteiger partial charge in [-0.15, -0.1) is 0 Å². The Morgan fingerprint density at radius 2 is 1.40 bits per heavy atom. The number of furan rings is 1. The molecule has 10 nitrogen and oxygen atoms in total. The van der Waals surface area contributed by atoms with Crippen molar-refractivity contribution in [1.82, 2.24) is 0 Å². The van der Waals surface area contributed by atoms with Gasteiger partial charge in [0.2, 0.25) is 0 Å². The average molecular weight is 216 g/mol. The maximum absolute atomic E-state index is 10.4. The second-order valence-corrected chi connectivity index (χ2v) is 2.31. The average Bonchev–Trinajstić information content (AvgIpc) is 2.42. The first-order valence-corrected chi connectivity index (χ1v) is 3.28. The van der Waals surface area contributed by atoms with Gasteiger partial charge in [0.15, 0.2) is 5.56 Å². The third kappa shape index (κ3) is 1.59. The van der Waals surface area contributed by atoms with E-state index in [-0.39, 0.29) is 0 Å². The largest absolute Gasteiger partial charge is 0.517 e. The molecule has 79 valence electrons. The Morgan fingerprint density at radius 1 is 0.933 bits per heavy atom. The van der Waals surface area contributed by atoms with Crippen LogP contribution >= 0.6 is 0 Å². The monoisotopic (exact) mass is 216 g/mol. The highest BCUT2D eigenvalue weighted by molar-refractivity contribution is 5.60. The minimum absolute atomic E-state index is 0.725. The molecule has 0 saturated heterocycles. The second-order valence-electron chi connectivity index (χ2n) is 2.31. The predicted molar refractivity (Wildman–Crippen MR) is 43.1 cm³/mol. The SMILES string of the molecule is [CH2]c1c([N+](=O)[O-])oc([N+](=O)[O-])c1[N+](=O)[O-]. The van der Waals surface area contributed by atoms with Crippen LogP contribution in [0.4, 0.5) is 17.5 Å². The first-order chi connectivity index (χ1) is 6.86. The van der Waals surface area contributed by atoms with Crippen molar-refractivity contribution in [2.75, 3.05) is 0 Å². The highest BCUT2D eigenvalue weighted by Crippen LogP contribution is 2.39. The van der Waals surface area contributed by atoms with Gasteiger partial charge in [0.25, 0.3) is 0 Å². The Hall–Kier alpha value is -2.52. The first kappa shape index (κ1) is 10.6. The molecule has 0 aliphatic carbocycles. The minimum atomic E-state index is -1.29. The van der Waals surface area contributed by atoms with Crippen LogP contribution in [-0.2, 0) is 0 Å². The van der Waals surface area contributed by atoms with Crippen LogP contribution in [0.2, 0.25) is 0 Å². The molecule has 0 bridgehead atoms. The Morgan fingerprint density at radius 3 is 1.67 bits per heavy atom. The van der Waals surface area contributed by atoms with Crippen LogP contribution in [0.1, 0.15) is 5.56 Å². The van der Waals surface area contributed by atoms with Crippen molar-refractivity contribution in [3.8, 4) is 0 Å². The van der Waals surface area contributed by atoms with Crippen LogP contribution in [0.15, 0.2) is 4.42 Å². The molecule has 0 aliphatic rings. The smallest absolute Gasteiger partial charge is 0.335 e. The van der Waals surface area contributed by atoms with Crippen molar-refractivity contribution in [2.45, 2.75) is 0 Å². The number of hydrogen-bond acceptors (Lipinski definition) is 7. The van der Waals surface area contributed by atoms with Crippen LogP contribution in [0.25, 0.3) is 0 Å². The third-order valence-corrected chi connectivity index (χ3v) is 1.45. The lowest BCUT2D eigenvalue weighted by Gasteiger charge is -1.84. The van der Waals surface area contributed by atoms with Crippen molar-refractivity contribution in [3.63, 3.8) is 0 Å². The fourth-order valence-electron chi connectivity index (χ4n) is 0.891. The summed E-state index contributed by atoms with van der Waals surface area (Å²) in [6.07, 6.45) is 0. The lowest BCUT2D eigenvalue weighted by molar-refractivity contribution is -0.438. The van der Waals surface area contributed by atoms with Gasteiger partial charge in [-0.05, 0) is 6.92 Å². The molecular formula is C5H2N3O7. The van der Waals surface area contributed by atoms with Crippen molar-refractivity contribution in [3.05, 3.63) is 42.8 Å². The van der Waals surface area contributed by atoms with E-state index in [1.165, 1.54) is 0 Å². The predicted octanol–water partition coefficient (Wildman–Crippen LogP) is 1.19. The van der Waals surface area contributed by atoms with Crippen LogP contribution in [-0.4, -0.2) is 14.8 Å². The minimum Gasteiger partial charge on any atom is -0.335 e. The zero-order valence-corrected chi connectivity index (χ0v) is 6.91. The van der Waals surface area contributed by atoms with Gasteiger partial charge in [-0.2, -0.15) is 0 Å². The summed E-state index contributed by atoms with van der Waals surface area (Å²) in [4.78, 5) is 27.4. The molecule has 0 amide bonds. The summed E-state index contributed by atoms with van der Waals surface area (Å²) in [5.41, 5.74) is -1.83. The van der Waals surface area contributed by atoms with Gasteiger partial charge in [-0.1, -0.05) is 0 Å². The van der Waals surface area contributed by atoms with E-state index in [2.05, 4.69) is 11.3 Å². The molecule has 0 atom stereocenters. The van der Waals surface area contributed by atoms with Crippen LogP contribution in [0.3, 0.4) is 0 Å². The standard InChI is InChI=1S/C5H2N3O7/c1-2-3(6(9)10)5(8(13)14)15-4(2)7(11)12/h1H2. The molecule has 1 aromatic rings. The number of nitro groups is 3. The molecule has 1 aromatic heterocycles. The first-order valence-electron chi connectivity index (χ1n) is 3.28. The number of hydrogen-bond donors (Lipinski definition) is 0. The summed E-state index contributed by atoms with van der Waals surface area (Å²) < 4.78 is 4.13. The topological polar surface area (TPSA) is 143 Å². The van der Waals surface area contributed by atoms with Gasteiger partial charge in [-0.25, -0.2) is 0 Å². The maximum Gasteiger partial charge on any atom is 0.517 e. The summed E-state index contributed by atoms with van der Waals surface area (Å²) >= 11 is 0. The quantitative estimate of drug-likeness (QED) is 0.544. The van der Waals surface area contributed by atoms with E-state index < -0.39 is 37.8 Å². The van der Waals surface area contributed by atoms with Gasteiger partial charge >= 0.3 is 17.5 Å². The fraction of sp³-hybridized carbons (Fsp3) is 0. The summed E-state index contributed by atoms with van der Waals surface area (Å²) in [7, 11) is 0. The van der Waals surface area contributed by atoms with E-state index in [9.17, 15) is 30.3 Å². The van der Waals surface area contributed by atoms with E-state index in [0.29, 0.717) is 0 Å². The normalized spacial score (nSPS) is 9.93. The summed E-state index contributed by atoms with van der Waals surface area (Å²) in [5.74, 6) is -2.40. The molecule has 1 rings (SSSR count). The lowest BCUT2D eigenvalue weighted by atomic mass is 10.3. The van der Waals surface area contributed by atoms with E-state index in [4.69, 9.17) is 0 Å². The van der Waals surface area contributed by atoms with E-state index >= 15 is 0 Å². The van der Waals surface area contributed by atoms with Crippen molar-refractivity contribution >= 4 is 17.5 Å². The molecular weight excluding hydrogens is 214 g/mol. The van der Waals surface area contributed by atoms with Crippen molar-refractivity contribution < 1.29 is 19.2 Å². The molecule has 0 saturated carbocycles. The molecule has 1 heterocycles. The summed E-state index contributed by atoms with van der Waals surface area (Å²) in [6, 6.07) is 0. The van der Waals surface area contributed by atoms with Crippen LogP contribution < -0.4 is 0 Å². The Bertz CT molecular complexity index is 461. The lowest BCUT2D eigenvalue weighted by Crippen LogP contribution is -1.94. The molecule has 0 unspecified atom stereocenters. The summed E-state index contributed by atoms with van der Waals surface area (Å²) in [6.45, 7) is 2.98. The van der Waals surface area contributed by atoms with Gasteiger partial charge in [0.1, 0.15) is 9.85 Å². The van der Waals surface area contributed by atoms with Crippen LogP contribution in [0.5, 0.6) is 0 Å².